The van der Waals surface area contributed by atoms with Crippen LogP contribution in [0.3, 0.4) is 0 Å². The van der Waals surface area contributed by atoms with Gasteiger partial charge in [-0.15, -0.1) is 0 Å². The Labute approximate surface area is 127 Å². The smallest absolute Gasteiger partial charge is 0.211 e. The van der Waals surface area contributed by atoms with Gasteiger partial charge in [0.2, 0.25) is 5.78 Å². The van der Waals surface area contributed by atoms with Crippen LogP contribution >= 0.6 is 0 Å². The minimum Gasteiger partial charge on any atom is -1.00 e. The summed E-state index contributed by atoms with van der Waals surface area (Å²) in [4.78, 5) is 12.2. The molecule has 0 amide bonds. The lowest BCUT2D eigenvalue weighted by molar-refractivity contribution is -0.0000120. The highest BCUT2D eigenvalue weighted by molar-refractivity contribution is 7.97. The molecule has 0 bridgehead atoms. The highest BCUT2D eigenvalue weighted by atomic mass is 79.9. The first-order valence-corrected chi connectivity index (χ1v) is 7.87. The van der Waals surface area contributed by atoms with E-state index in [1.807, 2.05) is 6.07 Å². The van der Waals surface area contributed by atoms with Crippen molar-refractivity contribution in [2.45, 2.75) is 12.8 Å². The van der Waals surface area contributed by atoms with Gasteiger partial charge in [0.25, 0.3) is 0 Å². The van der Waals surface area contributed by atoms with Gasteiger partial charge in [-0.05, 0) is 41.9 Å². The van der Waals surface area contributed by atoms with Crippen molar-refractivity contribution < 1.29 is 31.2 Å². The predicted molar refractivity (Wildman–Crippen MR) is 75.1 cm³/mol. The average Bonchev–Trinajstić information content (AvgIpc) is 2.90. The molecule has 1 heterocycles. The lowest BCUT2D eigenvalue weighted by Gasteiger charge is -2.08. The lowest BCUT2D eigenvalue weighted by Crippen LogP contribution is -3.00. The zero-order valence-electron chi connectivity index (χ0n) is 11.3. The summed E-state index contributed by atoms with van der Waals surface area (Å²) in [7, 11) is 3.49. The fourth-order valence-electron chi connectivity index (χ4n) is 2.14. The Morgan fingerprint density at radius 3 is 2.37 bits per heavy atom. The first kappa shape index (κ1) is 16.4. The van der Waals surface area contributed by atoms with Crippen LogP contribution in [0.2, 0.25) is 0 Å². The Morgan fingerprint density at radius 1 is 1.16 bits per heavy atom. The van der Waals surface area contributed by atoms with E-state index in [9.17, 15) is 4.79 Å². The molecule has 0 aliphatic carbocycles. The fourth-order valence-corrected chi connectivity index (χ4v) is 4.39. The predicted octanol–water partition coefficient (Wildman–Crippen LogP) is -0.697. The van der Waals surface area contributed by atoms with Gasteiger partial charge in [-0.1, -0.05) is 0 Å². The molecule has 1 aromatic rings. The second-order valence-corrected chi connectivity index (χ2v) is 6.69. The van der Waals surface area contributed by atoms with E-state index in [4.69, 9.17) is 9.47 Å². The lowest BCUT2D eigenvalue weighted by atomic mass is 10.1. The molecule has 0 N–H and O–H groups in total. The van der Waals surface area contributed by atoms with E-state index in [1.165, 1.54) is 24.3 Å². The van der Waals surface area contributed by atoms with Crippen LogP contribution in [0.15, 0.2) is 18.2 Å². The molecule has 2 rings (SSSR count). The van der Waals surface area contributed by atoms with E-state index < -0.39 is 0 Å². The number of ketones is 1. The maximum Gasteiger partial charge on any atom is 0.211 e. The summed E-state index contributed by atoms with van der Waals surface area (Å²) < 4.78 is 10.4. The Bertz CT molecular complexity index is 431. The zero-order valence-corrected chi connectivity index (χ0v) is 13.7. The molecule has 1 aliphatic rings. The average molecular weight is 347 g/mol. The van der Waals surface area contributed by atoms with Crippen molar-refractivity contribution in [3.05, 3.63) is 23.8 Å². The van der Waals surface area contributed by atoms with Crippen LogP contribution in [0, 0.1) is 0 Å². The first-order chi connectivity index (χ1) is 8.74. The van der Waals surface area contributed by atoms with Gasteiger partial charge >= 0.3 is 0 Å². The van der Waals surface area contributed by atoms with E-state index in [1.54, 1.807) is 26.4 Å². The standard InChI is InChI=1S/C14H19O3S.BrH/c1-16-13-6-5-11(9-14(13)17-2)12(15)10-18-7-3-4-8-18;/h5-6,9H,3-4,7-8,10H2,1-2H3;1H/q+1;/p-1. The van der Waals surface area contributed by atoms with Crippen molar-refractivity contribution in [3.63, 3.8) is 0 Å². The number of rotatable bonds is 5. The molecule has 5 heteroatoms. The molecule has 0 atom stereocenters. The summed E-state index contributed by atoms with van der Waals surface area (Å²) in [6.07, 6.45) is 2.56. The van der Waals surface area contributed by atoms with Crippen molar-refractivity contribution in [2.75, 3.05) is 31.5 Å². The third kappa shape index (κ3) is 4.14. The third-order valence-electron chi connectivity index (χ3n) is 3.16. The van der Waals surface area contributed by atoms with Gasteiger partial charge in [-0.2, -0.15) is 0 Å². The van der Waals surface area contributed by atoms with Crippen LogP contribution in [0.25, 0.3) is 0 Å². The minimum atomic E-state index is 0. The van der Waals surface area contributed by atoms with Crippen LogP contribution in [0.1, 0.15) is 23.2 Å². The number of carbonyl (C=O) groups excluding carboxylic acids is 1. The molecule has 1 aliphatic heterocycles. The molecular weight excluding hydrogens is 328 g/mol. The number of carbonyl (C=O) groups is 1. The highest BCUT2D eigenvalue weighted by Gasteiger charge is 2.27. The quantitative estimate of drug-likeness (QED) is 0.522. The third-order valence-corrected chi connectivity index (χ3v) is 5.56. The number of hydrogen-bond acceptors (Lipinski definition) is 3. The van der Waals surface area contributed by atoms with Crippen molar-refractivity contribution in [1.82, 2.24) is 0 Å². The fraction of sp³-hybridized carbons (Fsp3) is 0.500. The SMILES string of the molecule is COc1ccc(C(=O)C[S+]2CCCC2)cc1OC.[Br-]. The van der Waals surface area contributed by atoms with E-state index in [0.717, 1.165) is 5.56 Å². The summed E-state index contributed by atoms with van der Waals surface area (Å²) in [5.41, 5.74) is 0.729. The number of Topliss-reactive ketones (excluding diaryl/α,β-unsaturated/α-hetero) is 1. The summed E-state index contributed by atoms with van der Waals surface area (Å²) in [6, 6.07) is 5.40. The van der Waals surface area contributed by atoms with Gasteiger partial charge < -0.3 is 26.5 Å². The summed E-state index contributed by atoms with van der Waals surface area (Å²) in [5.74, 6) is 4.64. The number of halogens is 1. The molecular formula is C14H19BrO3S. The Kier molecular flexibility index (Phi) is 6.72. The molecule has 0 radical (unpaired) electrons. The van der Waals surface area contributed by atoms with E-state index >= 15 is 0 Å². The Morgan fingerprint density at radius 2 is 1.79 bits per heavy atom. The molecule has 0 saturated carbocycles. The summed E-state index contributed by atoms with van der Waals surface area (Å²) in [6.45, 7) is 0. The summed E-state index contributed by atoms with van der Waals surface area (Å²) in [5, 5.41) is 0. The Balaban J connectivity index is 0.00000180. The zero-order chi connectivity index (χ0) is 13.0. The maximum atomic E-state index is 12.2. The number of hydrogen-bond donors (Lipinski definition) is 0. The first-order valence-electron chi connectivity index (χ1n) is 6.14. The molecule has 0 unspecified atom stereocenters. The van der Waals surface area contributed by atoms with Crippen LogP contribution in [0.5, 0.6) is 11.5 Å². The van der Waals surface area contributed by atoms with E-state index in [2.05, 4.69) is 0 Å². The van der Waals surface area contributed by atoms with Crippen molar-refractivity contribution >= 4 is 16.7 Å². The molecule has 0 spiro atoms. The van der Waals surface area contributed by atoms with E-state index in [0.29, 0.717) is 28.1 Å². The van der Waals surface area contributed by atoms with Crippen LogP contribution in [-0.4, -0.2) is 37.3 Å². The highest BCUT2D eigenvalue weighted by Crippen LogP contribution is 2.28. The molecule has 1 saturated heterocycles. The molecule has 106 valence electrons. The minimum absolute atomic E-state index is 0. The molecule has 1 aromatic carbocycles. The van der Waals surface area contributed by atoms with E-state index in [-0.39, 0.29) is 22.8 Å². The van der Waals surface area contributed by atoms with Gasteiger partial charge in [0.05, 0.1) is 14.2 Å². The van der Waals surface area contributed by atoms with Gasteiger partial charge in [0.15, 0.2) is 17.3 Å². The maximum absolute atomic E-state index is 12.2. The Hall–Kier alpha value is -0.680. The second-order valence-electron chi connectivity index (χ2n) is 4.37. The van der Waals surface area contributed by atoms with Crippen molar-refractivity contribution in [2.24, 2.45) is 0 Å². The number of methoxy groups -OCH3 is 2. The van der Waals surface area contributed by atoms with Gasteiger partial charge in [0.1, 0.15) is 11.5 Å². The normalized spacial score (nSPS) is 14.8. The molecule has 1 fully saturated rings. The monoisotopic (exact) mass is 346 g/mol. The largest absolute Gasteiger partial charge is 1.00 e. The number of benzene rings is 1. The topological polar surface area (TPSA) is 35.5 Å². The van der Waals surface area contributed by atoms with Crippen LogP contribution in [-0.2, 0) is 10.9 Å². The van der Waals surface area contributed by atoms with Gasteiger partial charge in [-0.25, -0.2) is 0 Å². The molecule has 0 aromatic heterocycles. The van der Waals surface area contributed by atoms with Crippen LogP contribution < -0.4 is 26.5 Å². The summed E-state index contributed by atoms with van der Waals surface area (Å²) >= 11 is 0. The number of ether oxygens (including phenoxy) is 2. The van der Waals surface area contributed by atoms with Crippen molar-refractivity contribution in [3.8, 4) is 11.5 Å². The second kappa shape index (κ2) is 7.80. The van der Waals surface area contributed by atoms with Crippen molar-refractivity contribution in [1.29, 1.82) is 0 Å². The molecule has 19 heavy (non-hydrogen) atoms. The van der Waals surface area contributed by atoms with Crippen LogP contribution in [0.4, 0.5) is 0 Å². The van der Waals surface area contributed by atoms with Gasteiger partial charge in [-0.3, -0.25) is 4.79 Å². The van der Waals surface area contributed by atoms with Gasteiger partial charge in [0, 0.05) is 5.56 Å². The molecule has 3 nitrogen and oxygen atoms in total.